The molecule has 4 heterocycles. The summed E-state index contributed by atoms with van der Waals surface area (Å²) in [6.45, 7) is 2.01. The van der Waals surface area contributed by atoms with Crippen LogP contribution >= 0.6 is 27.3 Å². The number of nitrogens with zero attached hydrogens (tertiary/aromatic N) is 3. The van der Waals surface area contributed by atoms with E-state index in [0.717, 1.165) is 52.1 Å². The lowest BCUT2D eigenvalue weighted by Gasteiger charge is -2.20. The molecule has 5 rings (SSSR count). The normalized spacial score (nSPS) is 15.6. The molecule has 4 aromatic rings. The molecule has 9 heteroatoms. The van der Waals surface area contributed by atoms with Crippen LogP contribution in [0.5, 0.6) is 0 Å². The Morgan fingerprint density at radius 1 is 1.17 bits per heavy atom. The lowest BCUT2D eigenvalue weighted by molar-refractivity contribution is 0.455. The van der Waals surface area contributed by atoms with Crippen LogP contribution in [-0.2, 0) is 10.0 Å². The zero-order valence-corrected chi connectivity index (χ0v) is 19.2. The number of halogens is 1. The van der Waals surface area contributed by atoms with Gasteiger partial charge in [-0.15, -0.1) is 11.3 Å². The average molecular weight is 503 g/mol. The summed E-state index contributed by atoms with van der Waals surface area (Å²) in [7, 11) is -3.77. The molecule has 0 aliphatic carbocycles. The molecule has 154 valence electrons. The van der Waals surface area contributed by atoms with E-state index in [1.807, 2.05) is 6.07 Å². The minimum absolute atomic E-state index is 0.229. The highest BCUT2D eigenvalue weighted by Gasteiger charge is 2.25. The standard InChI is InChI=1S/C21H19BrN4O2S2/c22-15-10-17-18(21-25-19(13-29-21)14-6-8-23-9-7-14)12-26(20(17)24-11-15)30(27,28)16-4-2-1-3-5-16/h1-5,10-14,23H,6-9H2. The Balaban J connectivity index is 1.65. The summed E-state index contributed by atoms with van der Waals surface area (Å²) in [5.74, 6) is 0.447. The van der Waals surface area contributed by atoms with Gasteiger partial charge < -0.3 is 5.32 Å². The van der Waals surface area contributed by atoms with Crippen LogP contribution in [0.2, 0.25) is 0 Å². The number of fused-ring (bicyclic) bond motifs is 1. The highest BCUT2D eigenvalue weighted by Crippen LogP contribution is 2.37. The molecule has 0 amide bonds. The van der Waals surface area contributed by atoms with E-state index >= 15 is 0 Å². The van der Waals surface area contributed by atoms with Crippen LogP contribution in [-0.4, -0.2) is 35.4 Å². The maximum Gasteiger partial charge on any atom is 0.269 e. The number of pyridine rings is 1. The second-order valence-corrected chi connectivity index (χ2v) is 10.9. The summed E-state index contributed by atoms with van der Waals surface area (Å²) < 4.78 is 28.7. The van der Waals surface area contributed by atoms with E-state index in [-0.39, 0.29) is 4.90 Å². The predicted molar refractivity (Wildman–Crippen MR) is 122 cm³/mol. The van der Waals surface area contributed by atoms with Crippen molar-refractivity contribution in [2.45, 2.75) is 23.7 Å². The van der Waals surface area contributed by atoms with Crippen molar-refractivity contribution < 1.29 is 8.42 Å². The van der Waals surface area contributed by atoms with E-state index in [9.17, 15) is 8.42 Å². The van der Waals surface area contributed by atoms with E-state index in [0.29, 0.717) is 11.6 Å². The molecule has 3 aromatic heterocycles. The van der Waals surface area contributed by atoms with Crippen LogP contribution in [0.25, 0.3) is 21.6 Å². The number of benzene rings is 1. The number of nitrogens with one attached hydrogen (secondary N) is 1. The Labute approximate surface area is 187 Å². The first-order valence-corrected chi connectivity index (χ1v) is 12.8. The van der Waals surface area contributed by atoms with Crippen molar-refractivity contribution in [1.29, 1.82) is 0 Å². The fraction of sp³-hybridized carbons (Fsp3) is 0.238. The van der Waals surface area contributed by atoms with E-state index < -0.39 is 10.0 Å². The van der Waals surface area contributed by atoms with E-state index in [2.05, 4.69) is 31.6 Å². The minimum Gasteiger partial charge on any atom is -0.317 e. The molecule has 0 spiro atoms. The van der Waals surface area contributed by atoms with Crippen LogP contribution in [0, 0.1) is 0 Å². The molecule has 0 atom stereocenters. The number of hydrogen-bond acceptors (Lipinski definition) is 6. The van der Waals surface area contributed by atoms with Gasteiger partial charge in [-0.1, -0.05) is 18.2 Å². The molecule has 1 fully saturated rings. The molecule has 30 heavy (non-hydrogen) atoms. The highest BCUT2D eigenvalue weighted by atomic mass is 79.9. The van der Waals surface area contributed by atoms with E-state index in [1.54, 1.807) is 54.1 Å². The Morgan fingerprint density at radius 3 is 2.70 bits per heavy atom. The monoisotopic (exact) mass is 502 g/mol. The van der Waals surface area contributed by atoms with Gasteiger partial charge in [0.05, 0.1) is 10.6 Å². The number of hydrogen-bond donors (Lipinski definition) is 1. The quantitative estimate of drug-likeness (QED) is 0.440. The second-order valence-electron chi connectivity index (χ2n) is 7.28. The Bertz CT molecular complexity index is 1310. The van der Waals surface area contributed by atoms with Crippen LogP contribution < -0.4 is 5.32 Å². The van der Waals surface area contributed by atoms with Gasteiger partial charge in [-0.25, -0.2) is 22.4 Å². The summed E-state index contributed by atoms with van der Waals surface area (Å²) in [5.41, 5.74) is 2.27. The van der Waals surface area contributed by atoms with Gasteiger partial charge in [0.15, 0.2) is 5.65 Å². The first-order valence-electron chi connectivity index (χ1n) is 9.68. The van der Waals surface area contributed by atoms with E-state index in [4.69, 9.17) is 4.98 Å². The third-order valence-electron chi connectivity index (χ3n) is 5.39. The highest BCUT2D eigenvalue weighted by molar-refractivity contribution is 9.10. The maximum absolute atomic E-state index is 13.3. The van der Waals surface area contributed by atoms with Crippen molar-refractivity contribution in [3.05, 3.63) is 64.3 Å². The van der Waals surface area contributed by atoms with Crippen LogP contribution in [0.4, 0.5) is 0 Å². The second kappa shape index (κ2) is 7.88. The summed E-state index contributed by atoms with van der Waals surface area (Å²) in [6, 6.07) is 10.3. The van der Waals surface area contributed by atoms with Gasteiger partial charge in [-0.2, -0.15) is 0 Å². The first kappa shape index (κ1) is 19.9. The molecule has 1 saturated heterocycles. The van der Waals surface area contributed by atoms with Gasteiger partial charge in [0, 0.05) is 39.1 Å². The Kier molecular flexibility index (Phi) is 5.22. The van der Waals surface area contributed by atoms with Crippen molar-refractivity contribution >= 4 is 48.3 Å². The third-order valence-corrected chi connectivity index (χ3v) is 8.38. The molecule has 6 nitrogen and oxygen atoms in total. The largest absolute Gasteiger partial charge is 0.317 e. The third kappa shape index (κ3) is 3.49. The van der Waals surface area contributed by atoms with E-state index in [1.165, 1.54) is 3.97 Å². The molecule has 0 unspecified atom stereocenters. The van der Waals surface area contributed by atoms with Gasteiger partial charge in [0.1, 0.15) is 5.01 Å². The maximum atomic E-state index is 13.3. The van der Waals surface area contributed by atoms with Crippen molar-refractivity contribution in [1.82, 2.24) is 19.3 Å². The van der Waals surface area contributed by atoms with Crippen molar-refractivity contribution in [3.63, 3.8) is 0 Å². The summed E-state index contributed by atoms with van der Waals surface area (Å²) in [5, 5.41) is 7.06. The fourth-order valence-corrected chi connectivity index (χ4v) is 6.43. The summed E-state index contributed by atoms with van der Waals surface area (Å²) in [4.78, 5) is 9.54. The van der Waals surface area contributed by atoms with Crippen molar-refractivity contribution in [3.8, 4) is 10.6 Å². The molecule has 1 aromatic carbocycles. The average Bonchev–Trinajstić information content (AvgIpc) is 3.40. The molecular formula is C21H19BrN4O2S2. The molecule has 0 radical (unpaired) electrons. The topological polar surface area (TPSA) is 76.9 Å². The summed E-state index contributed by atoms with van der Waals surface area (Å²) >= 11 is 5.02. The Morgan fingerprint density at radius 2 is 1.93 bits per heavy atom. The zero-order valence-electron chi connectivity index (χ0n) is 16.0. The molecular weight excluding hydrogens is 484 g/mol. The molecule has 1 N–H and O–H groups in total. The number of piperidine rings is 1. The van der Waals surface area contributed by atoms with Gasteiger partial charge in [0.2, 0.25) is 0 Å². The zero-order chi connectivity index (χ0) is 20.7. The molecule has 0 bridgehead atoms. The molecule has 0 saturated carbocycles. The Hall–Kier alpha value is -2.07. The van der Waals surface area contributed by atoms with Crippen molar-refractivity contribution in [2.75, 3.05) is 13.1 Å². The number of thiazole rings is 1. The van der Waals surface area contributed by atoms with Gasteiger partial charge in [0.25, 0.3) is 10.0 Å². The molecule has 1 aliphatic heterocycles. The van der Waals surface area contributed by atoms with Crippen LogP contribution in [0.15, 0.2) is 63.5 Å². The van der Waals surface area contributed by atoms with Crippen molar-refractivity contribution in [2.24, 2.45) is 0 Å². The van der Waals surface area contributed by atoms with Gasteiger partial charge in [-0.3, -0.25) is 0 Å². The molecule has 1 aliphatic rings. The van der Waals surface area contributed by atoms with Gasteiger partial charge in [-0.05, 0) is 60.1 Å². The minimum atomic E-state index is -3.77. The number of aromatic nitrogens is 3. The fourth-order valence-electron chi connectivity index (χ4n) is 3.83. The predicted octanol–water partition coefficient (Wildman–Crippen LogP) is 4.63. The van der Waals surface area contributed by atoms with Crippen LogP contribution in [0.1, 0.15) is 24.5 Å². The SMILES string of the molecule is O=S(=O)(c1ccccc1)n1cc(-c2nc(C3CCNCC3)cs2)c2cc(Br)cnc21. The number of rotatable bonds is 4. The lowest BCUT2D eigenvalue weighted by Crippen LogP contribution is -2.26. The smallest absolute Gasteiger partial charge is 0.269 e. The van der Waals surface area contributed by atoms with Gasteiger partial charge >= 0.3 is 0 Å². The lowest BCUT2D eigenvalue weighted by atomic mass is 9.95. The van der Waals surface area contributed by atoms with Crippen LogP contribution in [0.3, 0.4) is 0 Å². The first-order chi connectivity index (χ1) is 14.5. The summed E-state index contributed by atoms with van der Waals surface area (Å²) in [6.07, 6.45) is 5.41.